The lowest BCUT2D eigenvalue weighted by Gasteiger charge is -2.33. The zero-order valence-electron chi connectivity index (χ0n) is 24.9. The largest absolute Gasteiger partial charge is 0.324 e. The second-order valence-electron chi connectivity index (χ2n) is 10.7. The van der Waals surface area contributed by atoms with Crippen molar-refractivity contribution in [2.45, 2.75) is 6.92 Å². The summed E-state index contributed by atoms with van der Waals surface area (Å²) in [6.45, 7) is 4.91. The summed E-state index contributed by atoms with van der Waals surface area (Å²) in [6.07, 6.45) is 3.67. The van der Waals surface area contributed by atoms with Gasteiger partial charge in [0, 0.05) is 53.5 Å². The van der Waals surface area contributed by atoms with Gasteiger partial charge in [-0.2, -0.15) is 0 Å². The minimum atomic E-state index is -0.293. The highest BCUT2D eigenvalue weighted by atomic mass is 35.5. The topological polar surface area (TPSA) is 108 Å². The average Bonchev–Trinajstić information content (AvgIpc) is 3.68. The first-order valence-corrected chi connectivity index (χ1v) is 16.1. The van der Waals surface area contributed by atoms with Crippen molar-refractivity contribution in [1.82, 2.24) is 24.3 Å². The molecule has 7 rings (SSSR count). The Morgan fingerprint density at radius 2 is 1.83 bits per heavy atom. The van der Waals surface area contributed by atoms with Gasteiger partial charge in [-0.3, -0.25) is 18.9 Å². The molecule has 230 valence electrons. The van der Waals surface area contributed by atoms with Crippen LogP contribution in [-0.4, -0.2) is 62.2 Å². The number of amides is 2. The second-order valence-corrected chi connectivity index (χ2v) is 12.0. The Hall–Kier alpha value is -5.10. The van der Waals surface area contributed by atoms with Gasteiger partial charge in [-0.05, 0) is 61.1 Å². The molecule has 1 aliphatic heterocycles. The quantitative estimate of drug-likeness (QED) is 0.186. The molecule has 0 bridgehead atoms. The maximum absolute atomic E-state index is 12.9. The number of nitrogens with zero attached hydrogens (tertiary/aromatic N) is 6. The highest BCUT2D eigenvalue weighted by Gasteiger charge is 2.24. The molecule has 0 unspecified atom stereocenters. The van der Waals surface area contributed by atoms with Gasteiger partial charge in [0.1, 0.15) is 5.69 Å². The normalized spacial score (nSPS) is 13.7. The Labute approximate surface area is 274 Å². The number of benzene rings is 3. The minimum Gasteiger partial charge on any atom is -0.324 e. The Morgan fingerprint density at radius 1 is 0.978 bits per heavy atom. The van der Waals surface area contributed by atoms with E-state index in [-0.39, 0.29) is 11.8 Å². The number of hydrogen-bond donors (Lipinski definition) is 2. The van der Waals surface area contributed by atoms with Crippen LogP contribution in [0.1, 0.15) is 17.3 Å². The van der Waals surface area contributed by atoms with Gasteiger partial charge in [-0.1, -0.05) is 42.8 Å². The van der Waals surface area contributed by atoms with Crippen LogP contribution in [0.15, 0.2) is 96.6 Å². The highest BCUT2D eigenvalue weighted by molar-refractivity contribution is 7.15. The molecule has 46 heavy (non-hydrogen) atoms. The van der Waals surface area contributed by atoms with Gasteiger partial charge >= 0.3 is 0 Å². The van der Waals surface area contributed by atoms with Gasteiger partial charge in [0.2, 0.25) is 11.9 Å². The molecular formula is C34H29ClN8O2S. The number of fused-ring (bicyclic) bond motifs is 1. The Balaban J connectivity index is 1.14. The summed E-state index contributed by atoms with van der Waals surface area (Å²) < 4.78 is 2.01. The molecule has 3 aromatic carbocycles. The van der Waals surface area contributed by atoms with E-state index in [0.29, 0.717) is 41.0 Å². The lowest BCUT2D eigenvalue weighted by molar-refractivity contribution is -0.121. The summed E-state index contributed by atoms with van der Waals surface area (Å²) in [4.78, 5) is 44.6. The highest BCUT2D eigenvalue weighted by Crippen LogP contribution is 2.35. The van der Waals surface area contributed by atoms with E-state index in [4.69, 9.17) is 21.6 Å². The molecule has 1 saturated heterocycles. The van der Waals surface area contributed by atoms with Crippen LogP contribution in [-0.2, 0) is 4.79 Å². The minimum absolute atomic E-state index is 0.106. The Bertz CT molecular complexity index is 2060. The molecule has 10 nitrogen and oxygen atoms in total. The second kappa shape index (κ2) is 12.7. The molecule has 2 amide bonds. The molecule has 1 fully saturated rings. The van der Waals surface area contributed by atoms with Crippen molar-refractivity contribution in [1.29, 1.82) is 0 Å². The number of carbonyl (C=O) groups excluding carboxylic acids is 2. The Morgan fingerprint density at radius 3 is 2.63 bits per heavy atom. The van der Waals surface area contributed by atoms with Crippen LogP contribution in [0.4, 0.5) is 23.0 Å². The molecule has 4 heterocycles. The molecule has 6 aromatic rings. The third-order valence-corrected chi connectivity index (χ3v) is 8.94. The van der Waals surface area contributed by atoms with Crippen LogP contribution in [0.25, 0.3) is 27.6 Å². The summed E-state index contributed by atoms with van der Waals surface area (Å²) >= 11 is 7.77. The lowest BCUT2D eigenvalue weighted by atomic mass is 10.1. The van der Waals surface area contributed by atoms with Crippen LogP contribution in [0, 0.1) is 0 Å². The molecule has 3 aromatic heterocycles. The van der Waals surface area contributed by atoms with E-state index < -0.39 is 0 Å². The van der Waals surface area contributed by atoms with Crippen LogP contribution in [0.5, 0.6) is 0 Å². The van der Waals surface area contributed by atoms with Gasteiger partial charge in [-0.15, -0.1) is 11.3 Å². The van der Waals surface area contributed by atoms with Gasteiger partial charge in [-0.25, -0.2) is 15.0 Å². The first-order valence-electron chi connectivity index (χ1n) is 14.8. The number of carbonyl (C=O) groups is 2. The van der Waals surface area contributed by atoms with E-state index in [1.54, 1.807) is 30.5 Å². The monoisotopic (exact) mass is 648 g/mol. The van der Waals surface area contributed by atoms with Crippen LogP contribution >= 0.6 is 22.9 Å². The standard InChI is InChI=1S/C34H29ClN8O2S/c1-2-41-16-17-42(29(44)21-41)25-12-10-23(11-13-25)38-33-36-15-14-28(39-33)31-30(40-34-43(31)18-19-46-34)22-6-5-7-24(20-22)37-32(45)26-8-3-4-9-27(26)35/h3-15,18-20H,2,16-17,21H2,1H3,(H,37,45)(H,36,38,39). The van der Waals surface area contributed by atoms with Crippen LogP contribution < -0.4 is 15.5 Å². The fourth-order valence-corrected chi connectivity index (χ4v) is 6.42. The number of rotatable bonds is 8. The van der Waals surface area contributed by atoms with Crippen molar-refractivity contribution in [2.24, 2.45) is 0 Å². The predicted octanol–water partition coefficient (Wildman–Crippen LogP) is 6.84. The molecule has 0 saturated carbocycles. The maximum atomic E-state index is 12.9. The summed E-state index contributed by atoms with van der Waals surface area (Å²) in [5, 5.41) is 8.61. The van der Waals surface area contributed by atoms with E-state index in [2.05, 4.69) is 27.4 Å². The first kappa shape index (κ1) is 29.6. The number of piperazine rings is 1. The fraction of sp³-hybridized carbons (Fsp3) is 0.147. The van der Waals surface area contributed by atoms with Crippen LogP contribution in [0.3, 0.4) is 0 Å². The van der Waals surface area contributed by atoms with Gasteiger partial charge < -0.3 is 15.5 Å². The summed E-state index contributed by atoms with van der Waals surface area (Å²) in [5.74, 6) is 0.239. The number of thiazole rings is 1. The fourth-order valence-electron chi connectivity index (χ4n) is 5.49. The van der Waals surface area contributed by atoms with E-state index in [0.717, 1.165) is 46.4 Å². The summed E-state index contributed by atoms with van der Waals surface area (Å²) in [7, 11) is 0. The molecule has 0 atom stereocenters. The SMILES string of the molecule is CCN1CCN(c2ccc(Nc3nccc(-c4c(-c5cccc(NC(=O)c6ccccc6Cl)c5)nc5sccn45)n3)cc2)C(=O)C1. The summed E-state index contributed by atoms with van der Waals surface area (Å²) in [5.41, 5.74) is 5.72. The van der Waals surface area contributed by atoms with Gasteiger partial charge in [0.25, 0.3) is 5.91 Å². The number of nitrogens with one attached hydrogen (secondary N) is 2. The molecule has 0 spiro atoms. The number of anilines is 4. The lowest BCUT2D eigenvalue weighted by Crippen LogP contribution is -2.50. The number of imidazole rings is 1. The predicted molar refractivity (Wildman–Crippen MR) is 183 cm³/mol. The zero-order chi connectivity index (χ0) is 31.6. The van der Waals surface area contributed by atoms with Crippen LogP contribution in [0.2, 0.25) is 5.02 Å². The molecule has 1 aliphatic rings. The zero-order valence-corrected chi connectivity index (χ0v) is 26.4. The molecule has 2 N–H and O–H groups in total. The molecular weight excluding hydrogens is 620 g/mol. The van der Waals surface area contributed by atoms with Gasteiger partial charge in [0.15, 0.2) is 4.96 Å². The van der Waals surface area contributed by atoms with Crippen molar-refractivity contribution < 1.29 is 9.59 Å². The number of hydrogen-bond acceptors (Lipinski definition) is 8. The Kier molecular flexibility index (Phi) is 8.18. The van der Waals surface area contributed by atoms with Gasteiger partial charge in [0.05, 0.1) is 28.5 Å². The third kappa shape index (κ3) is 5.95. The van der Waals surface area contributed by atoms with E-state index in [1.165, 1.54) is 11.3 Å². The smallest absolute Gasteiger partial charge is 0.257 e. The van der Waals surface area contributed by atoms with E-state index >= 15 is 0 Å². The van der Waals surface area contributed by atoms with Crippen molar-refractivity contribution in [3.8, 4) is 22.6 Å². The van der Waals surface area contributed by atoms with E-state index in [1.807, 2.05) is 75.5 Å². The number of aromatic nitrogens is 4. The average molecular weight is 649 g/mol. The molecule has 12 heteroatoms. The van der Waals surface area contributed by atoms with Crippen molar-refractivity contribution >= 4 is 62.7 Å². The molecule has 0 radical (unpaired) electrons. The van der Waals surface area contributed by atoms with E-state index in [9.17, 15) is 9.59 Å². The summed E-state index contributed by atoms with van der Waals surface area (Å²) in [6, 6.07) is 24.1. The number of likely N-dealkylation sites (N-methyl/N-ethyl adjacent to an activating group) is 1. The first-order chi connectivity index (χ1) is 22.5. The maximum Gasteiger partial charge on any atom is 0.257 e. The van der Waals surface area contributed by atoms with Crippen molar-refractivity contribution in [2.75, 3.05) is 41.7 Å². The molecule has 0 aliphatic carbocycles. The third-order valence-electron chi connectivity index (χ3n) is 7.85. The van der Waals surface area contributed by atoms with Crippen molar-refractivity contribution in [3.63, 3.8) is 0 Å². The number of halogens is 1. The van der Waals surface area contributed by atoms with Crippen molar-refractivity contribution in [3.05, 3.63) is 107 Å².